The highest BCUT2D eigenvalue weighted by Crippen LogP contribution is 2.30. The molecule has 116 valence electrons. The average Bonchev–Trinajstić information content (AvgIpc) is 3.08. The third-order valence-electron chi connectivity index (χ3n) is 4.16. The van der Waals surface area contributed by atoms with Gasteiger partial charge >= 0.3 is 0 Å². The number of para-hydroxylation sites is 1. The lowest BCUT2D eigenvalue weighted by Gasteiger charge is -2.19. The van der Waals surface area contributed by atoms with Gasteiger partial charge in [0.25, 0.3) is 0 Å². The van der Waals surface area contributed by atoms with Crippen LogP contribution >= 0.6 is 0 Å². The van der Waals surface area contributed by atoms with E-state index in [-0.39, 0.29) is 5.56 Å². The number of rotatable bonds is 2. The van der Waals surface area contributed by atoms with Crippen molar-refractivity contribution < 1.29 is 8.78 Å². The van der Waals surface area contributed by atoms with E-state index in [1.165, 1.54) is 12.1 Å². The molecule has 0 radical (unpaired) electrons. The predicted molar refractivity (Wildman–Crippen MR) is 86.3 cm³/mol. The fraction of sp³-hybridized carbons (Fsp3) is 0.222. The number of benzene rings is 2. The molecule has 4 rings (SSSR count). The predicted octanol–water partition coefficient (Wildman–Crippen LogP) is 4.18. The van der Waals surface area contributed by atoms with Gasteiger partial charge in [0.2, 0.25) is 0 Å². The Morgan fingerprint density at radius 2 is 1.70 bits per heavy atom. The van der Waals surface area contributed by atoms with E-state index in [4.69, 9.17) is 0 Å². The van der Waals surface area contributed by atoms with Crippen LogP contribution < -0.4 is 4.90 Å². The Morgan fingerprint density at radius 3 is 2.48 bits per heavy atom. The quantitative estimate of drug-likeness (QED) is 0.711. The van der Waals surface area contributed by atoms with Gasteiger partial charge in [0.1, 0.15) is 17.5 Å². The van der Waals surface area contributed by atoms with Crippen LogP contribution in [0.1, 0.15) is 12.8 Å². The van der Waals surface area contributed by atoms with Crippen molar-refractivity contribution in [2.24, 2.45) is 0 Å². The van der Waals surface area contributed by atoms with E-state index in [1.807, 2.05) is 24.3 Å². The van der Waals surface area contributed by atoms with Gasteiger partial charge in [-0.15, -0.1) is 0 Å². The van der Waals surface area contributed by atoms with Gasteiger partial charge in [0.05, 0.1) is 11.1 Å². The van der Waals surface area contributed by atoms with Crippen molar-refractivity contribution in [3.05, 3.63) is 54.1 Å². The maximum absolute atomic E-state index is 14.1. The third kappa shape index (κ3) is 2.52. The summed E-state index contributed by atoms with van der Waals surface area (Å²) in [6.45, 7) is 1.87. The third-order valence-corrected chi connectivity index (χ3v) is 4.16. The molecule has 1 saturated heterocycles. The largest absolute Gasteiger partial charge is 0.356 e. The summed E-state index contributed by atoms with van der Waals surface area (Å²) in [5.74, 6) is -0.130. The van der Waals surface area contributed by atoms with E-state index in [2.05, 4.69) is 14.9 Å². The van der Waals surface area contributed by atoms with E-state index in [9.17, 15) is 8.78 Å². The Bertz CT molecular complexity index is 873. The molecule has 0 aliphatic carbocycles. The molecule has 3 aromatic rings. The average molecular weight is 311 g/mol. The van der Waals surface area contributed by atoms with Crippen molar-refractivity contribution in [1.82, 2.24) is 9.97 Å². The Balaban J connectivity index is 1.93. The standard InChI is InChI=1S/C18H15F2N3/c19-12-7-8-13(15(20)11-12)17-21-16-6-2-1-5-14(16)18(22-17)23-9-3-4-10-23/h1-2,5-8,11H,3-4,9-10H2. The molecule has 23 heavy (non-hydrogen) atoms. The lowest BCUT2D eigenvalue weighted by Crippen LogP contribution is -2.20. The molecule has 3 nitrogen and oxygen atoms in total. The highest BCUT2D eigenvalue weighted by molar-refractivity contribution is 5.91. The molecular weight excluding hydrogens is 296 g/mol. The van der Waals surface area contributed by atoms with E-state index in [0.717, 1.165) is 48.7 Å². The van der Waals surface area contributed by atoms with Crippen LogP contribution in [-0.4, -0.2) is 23.1 Å². The van der Waals surface area contributed by atoms with Gasteiger partial charge in [0.15, 0.2) is 5.82 Å². The first-order valence-electron chi connectivity index (χ1n) is 7.69. The molecule has 1 aromatic heterocycles. The minimum atomic E-state index is -0.646. The molecule has 0 bridgehead atoms. The summed E-state index contributed by atoms with van der Waals surface area (Å²) in [5, 5.41) is 0.959. The first-order valence-corrected chi connectivity index (χ1v) is 7.69. The minimum absolute atomic E-state index is 0.220. The summed E-state index contributed by atoms with van der Waals surface area (Å²) in [6, 6.07) is 11.2. The van der Waals surface area contributed by atoms with Crippen LogP contribution in [0.4, 0.5) is 14.6 Å². The minimum Gasteiger partial charge on any atom is -0.356 e. The molecule has 0 amide bonds. The maximum Gasteiger partial charge on any atom is 0.165 e. The van der Waals surface area contributed by atoms with Gasteiger partial charge in [0, 0.05) is 24.5 Å². The number of hydrogen-bond acceptors (Lipinski definition) is 3. The Hall–Kier alpha value is -2.56. The lowest BCUT2D eigenvalue weighted by molar-refractivity contribution is 0.585. The van der Waals surface area contributed by atoms with Gasteiger partial charge < -0.3 is 4.90 Å². The zero-order valence-electron chi connectivity index (χ0n) is 12.5. The second-order valence-corrected chi connectivity index (χ2v) is 5.71. The molecule has 0 unspecified atom stereocenters. The second kappa shape index (κ2) is 5.57. The molecular formula is C18H15F2N3. The second-order valence-electron chi connectivity index (χ2n) is 5.71. The highest BCUT2D eigenvalue weighted by Gasteiger charge is 2.19. The Kier molecular flexibility index (Phi) is 3.41. The molecule has 2 aromatic carbocycles. The number of aromatic nitrogens is 2. The summed E-state index contributed by atoms with van der Waals surface area (Å²) in [5.41, 5.74) is 0.987. The fourth-order valence-corrected chi connectivity index (χ4v) is 3.02. The zero-order chi connectivity index (χ0) is 15.8. The summed E-state index contributed by atoms with van der Waals surface area (Å²) < 4.78 is 27.3. The van der Waals surface area contributed by atoms with Gasteiger partial charge in [-0.25, -0.2) is 18.7 Å². The normalized spacial score (nSPS) is 14.6. The van der Waals surface area contributed by atoms with Crippen LogP contribution in [0.2, 0.25) is 0 Å². The summed E-state index contributed by atoms with van der Waals surface area (Å²) >= 11 is 0. The summed E-state index contributed by atoms with van der Waals surface area (Å²) in [6.07, 6.45) is 2.25. The number of halogens is 2. The van der Waals surface area contributed by atoms with Gasteiger partial charge in [-0.05, 0) is 37.1 Å². The van der Waals surface area contributed by atoms with Crippen LogP contribution in [0.15, 0.2) is 42.5 Å². The van der Waals surface area contributed by atoms with Crippen LogP contribution in [0, 0.1) is 11.6 Å². The molecule has 2 heterocycles. The number of anilines is 1. The zero-order valence-corrected chi connectivity index (χ0v) is 12.5. The molecule has 0 spiro atoms. The Morgan fingerprint density at radius 1 is 0.913 bits per heavy atom. The molecule has 0 saturated carbocycles. The molecule has 5 heteroatoms. The van der Waals surface area contributed by atoms with Gasteiger partial charge in [-0.3, -0.25) is 0 Å². The molecule has 1 aliphatic rings. The molecule has 1 aliphatic heterocycles. The Labute approximate surface area is 132 Å². The molecule has 0 N–H and O–H groups in total. The van der Waals surface area contributed by atoms with Crippen molar-refractivity contribution >= 4 is 16.7 Å². The van der Waals surface area contributed by atoms with Crippen molar-refractivity contribution in [1.29, 1.82) is 0 Å². The van der Waals surface area contributed by atoms with Crippen LogP contribution in [-0.2, 0) is 0 Å². The summed E-state index contributed by atoms with van der Waals surface area (Å²) in [4.78, 5) is 11.3. The molecule has 1 fully saturated rings. The van der Waals surface area contributed by atoms with E-state index < -0.39 is 11.6 Å². The first kappa shape index (κ1) is 14.1. The van der Waals surface area contributed by atoms with Crippen LogP contribution in [0.3, 0.4) is 0 Å². The van der Waals surface area contributed by atoms with Crippen molar-refractivity contribution in [3.63, 3.8) is 0 Å². The SMILES string of the molecule is Fc1ccc(-c2nc(N3CCCC3)c3ccccc3n2)c(F)c1. The summed E-state index contributed by atoms with van der Waals surface area (Å²) in [7, 11) is 0. The fourth-order valence-electron chi connectivity index (χ4n) is 3.02. The molecule has 0 atom stereocenters. The first-order chi connectivity index (χ1) is 11.2. The maximum atomic E-state index is 14.1. The van der Waals surface area contributed by atoms with Crippen molar-refractivity contribution in [3.8, 4) is 11.4 Å². The smallest absolute Gasteiger partial charge is 0.165 e. The number of nitrogens with zero attached hydrogens (tertiary/aromatic N) is 3. The van der Waals surface area contributed by atoms with E-state index in [1.54, 1.807) is 0 Å². The lowest BCUT2D eigenvalue weighted by atomic mass is 10.1. The van der Waals surface area contributed by atoms with Crippen LogP contribution in [0.25, 0.3) is 22.3 Å². The number of fused-ring (bicyclic) bond motifs is 1. The van der Waals surface area contributed by atoms with E-state index in [0.29, 0.717) is 5.82 Å². The van der Waals surface area contributed by atoms with E-state index >= 15 is 0 Å². The van der Waals surface area contributed by atoms with Gasteiger partial charge in [-0.2, -0.15) is 0 Å². The highest BCUT2D eigenvalue weighted by atomic mass is 19.1. The topological polar surface area (TPSA) is 29.0 Å². The monoisotopic (exact) mass is 311 g/mol. The van der Waals surface area contributed by atoms with Crippen molar-refractivity contribution in [2.75, 3.05) is 18.0 Å². The van der Waals surface area contributed by atoms with Crippen molar-refractivity contribution in [2.45, 2.75) is 12.8 Å². The van der Waals surface area contributed by atoms with Gasteiger partial charge in [-0.1, -0.05) is 12.1 Å². The van der Waals surface area contributed by atoms with Crippen LogP contribution in [0.5, 0.6) is 0 Å². The number of hydrogen-bond donors (Lipinski definition) is 0.